The number of likely N-dealkylation sites (tertiary alicyclic amines) is 1. The number of carbonyl (C=O) groups is 2. The van der Waals surface area contributed by atoms with E-state index in [4.69, 9.17) is 23.2 Å². The van der Waals surface area contributed by atoms with E-state index in [9.17, 15) is 23.1 Å². The number of aromatic nitrogens is 1. The predicted octanol–water partition coefficient (Wildman–Crippen LogP) is 6.17. The van der Waals surface area contributed by atoms with Crippen molar-refractivity contribution in [1.82, 2.24) is 9.88 Å². The first kappa shape index (κ1) is 30.3. The van der Waals surface area contributed by atoms with E-state index in [1.54, 1.807) is 48.4 Å². The molecule has 8 nitrogen and oxygen atoms in total. The fourth-order valence-electron chi connectivity index (χ4n) is 6.29. The number of nitrogens with zero attached hydrogens (tertiary/aromatic N) is 3. The second-order valence-corrected chi connectivity index (χ2v) is 14.4. The van der Waals surface area contributed by atoms with Gasteiger partial charge in [-0.15, -0.1) is 0 Å². The molecule has 222 valence electrons. The zero-order valence-corrected chi connectivity index (χ0v) is 25.7. The van der Waals surface area contributed by atoms with Gasteiger partial charge in [0.05, 0.1) is 48.6 Å². The molecule has 2 heterocycles. The van der Waals surface area contributed by atoms with Gasteiger partial charge < -0.3 is 10.0 Å². The van der Waals surface area contributed by atoms with Crippen LogP contribution in [0.5, 0.6) is 0 Å². The Morgan fingerprint density at radius 3 is 2.38 bits per heavy atom. The number of amides is 1. The van der Waals surface area contributed by atoms with E-state index in [1.165, 1.54) is 10.5 Å². The summed E-state index contributed by atoms with van der Waals surface area (Å²) in [6.45, 7) is 1.71. The Morgan fingerprint density at radius 2 is 1.81 bits per heavy atom. The molecular weight excluding hydrogens is 597 g/mol. The number of piperidine rings is 1. The minimum atomic E-state index is -3.76. The highest BCUT2D eigenvalue weighted by Crippen LogP contribution is 2.54. The van der Waals surface area contributed by atoms with Crippen LogP contribution in [0.4, 0.5) is 5.69 Å². The second kappa shape index (κ2) is 11.9. The Hall–Kier alpha value is -3.14. The van der Waals surface area contributed by atoms with Gasteiger partial charge in [-0.25, -0.2) is 8.42 Å². The van der Waals surface area contributed by atoms with E-state index in [0.29, 0.717) is 15.7 Å². The maximum Gasteiger partial charge on any atom is 0.304 e. The number of hydrogen-bond acceptors (Lipinski definition) is 5. The summed E-state index contributed by atoms with van der Waals surface area (Å²) in [5, 5.41) is 11.0. The molecule has 0 bridgehead atoms. The van der Waals surface area contributed by atoms with Gasteiger partial charge in [0.15, 0.2) is 0 Å². The van der Waals surface area contributed by atoms with Gasteiger partial charge >= 0.3 is 5.97 Å². The number of rotatable bonds is 10. The molecule has 1 aliphatic carbocycles. The summed E-state index contributed by atoms with van der Waals surface area (Å²) < 4.78 is 27.6. The van der Waals surface area contributed by atoms with E-state index in [2.05, 4.69) is 4.98 Å². The van der Waals surface area contributed by atoms with Gasteiger partial charge in [-0.2, -0.15) is 0 Å². The van der Waals surface area contributed by atoms with Gasteiger partial charge in [0.25, 0.3) is 0 Å². The zero-order chi connectivity index (χ0) is 30.2. The van der Waals surface area contributed by atoms with Gasteiger partial charge in [0.1, 0.15) is 0 Å². The molecular formula is C31H33Cl2N3O5S. The van der Waals surface area contributed by atoms with Crippen LogP contribution in [0.3, 0.4) is 0 Å². The van der Waals surface area contributed by atoms with Gasteiger partial charge in [0, 0.05) is 22.2 Å². The van der Waals surface area contributed by atoms with Crippen molar-refractivity contribution in [1.29, 1.82) is 0 Å². The molecule has 2 aromatic carbocycles. The van der Waals surface area contributed by atoms with Crippen LogP contribution in [0.15, 0.2) is 73.1 Å². The zero-order valence-electron chi connectivity index (χ0n) is 23.4. The van der Waals surface area contributed by atoms with Crippen molar-refractivity contribution in [3.63, 3.8) is 0 Å². The van der Waals surface area contributed by atoms with Crippen molar-refractivity contribution >= 4 is 50.8 Å². The topological polar surface area (TPSA) is 108 Å². The lowest BCUT2D eigenvalue weighted by atomic mass is 9.67. The molecule has 2 fully saturated rings. The molecule has 1 amide bonds. The van der Waals surface area contributed by atoms with Gasteiger partial charge in [0.2, 0.25) is 15.9 Å². The lowest BCUT2D eigenvalue weighted by molar-refractivity contribution is -0.160. The molecule has 42 heavy (non-hydrogen) atoms. The predicted molar refractivity (Wildman–Crippen MR) is 163 cm³/mol. The van der Waals surface area contributed by atoms with Crippen molar-refractivity contribution in [2.45, 2.75) is 50.6 Å². The molecule has 0 spiro atoms. The van der Waals surface area contributed by atoms with E-state index in [0.717, 1.165) is 30.2 Å². The molecule has 2 aliphatic rings. The average Bonchev–Trinajstić information content (AvgIpc) is 3.76. The molecule has 5 rings (SSSR count). The van der Waals surface area contributed by atoms with E-state index in [-0.39, 0.29) is 37.1 Å². The number of hydrogen-bond donors (Lipinski definition) is 1. The first-order valence-corrected chi connectivity index (χ1v) is 16.4. The van der Waals surface area contributed by atoms with Crippen molar-refractivity contribution in [3.05, 3.63) is 94.2 Å². The largest absolute Gasteiger partial charge is 0.481 e. The fraction of sp³-hybridized carbons (Fsp3) is 0.387. The molecule has 1 N–H and O–H groups in total. The van der Waals surface area contributed by atoms with Crippen LogP contribution in [-0.4, -0.2) is 54.1 Å². The summed E-state index contributed by atoms with van der Waals surface area (Å²) in [6.07, 6.45) is 5.76. The summed E-state index contributed by atoms with van der Waals surface area (Å²) in [6, 6.07) is 17.0. The number of benzene rings is 2. The van der Waals surface area contributed by atoms with Gasteiger partial charge in [-0.1, -0.05) is 54.4 Å². The molecule has 0 radical (unpaired) electrons. The molecule has 1 saturated carbocycles. The third-order valence-corrected chi connectivity index (χ3v) is 9.99. The number of halogens is 2. The Balaban J connectivity index is 1.70. The fourth-order valence-corrected chi connectivity index (χ4v) is 7.53. The number of carbonyl (C=O) groups excluding carboxylic acids is 1. The van der Waals surface area contributed by atoms with Crippen LogP contribution in [0.1, 0.15) is 55.7 Å². The average molecular weight is 631 g/mol. The van der Waals surface area contributed by atoms with Crippen molar-refractivity contribution in [3.8, 4) is 0 Å². The molecule has 1 saturated heterocycles. The SMILES string of the molecule is C[C@]1(CC(=O)O)CC(c2cccc(Cl)c2)C(c2ccc(Cl)cc2)N([C@H](CN(c2cccnc2)S(C)(=O)=O)C2CC2)C1=O. The maximum atomic E-state index is 14.6. The third kappa shape index (κ3) is 6.43. The van der Waals surface area contributed by atoms with Crippen LogP contribution in [0.25, 0.3) is 0 Å². The quantitative estimate of drug-likeness (QED) is 0.287. The van der Waals surface area contributed by atoms with Gasteiger partial charge in [-0.3, -0.25) is 18.9 Å². The van der Waals surface area contributed by atoms with Crippen LogP contribution in [0, 0.1) is 11.3 Å². The molecule has 4 atom stereocenters. The molecule has 3 aromatic rings. The van der Waals surface area contributed by atoms with Crippen LogP contribution >= 0.6 is 23.2 Å². The summed E-state index contributed by atoms with van der Waals surface area (Å²) in [5.41, 5.74) is 0.864. The second-order valence-electron chi connectivity index (χ2n) is 11.6. The van der Waals surface area contributed by atoms with E-state index in [1.807, 2.05) is 30.3 Å². The molecule has 2 unspecified atom stereocenters. The highest BCUT2D eigenvalue weighted by Gasteiger charge is 2.55. The number of pyridine rings is 1. The van der Waals surface area contributed by atoms with Crippen molar-refractivity contribution < 1.29 is 23.1 Å². The third-order valence-electron chi connectivity index (χ3n) is 8.34. The first-order chi connectivity index (χ1) is 19.9. The summed E-state index contributed by atoms with van der Waals surface area (Å²) in [4.78, 5) is 32.7. The van der Waals surface area contributed by atoms with Crippen LogP contribution < -0.4 is 4.31 Å². The van der Waals surface area contributed by atoms with Gasteiger partial charge in [-0.05, 0) is 72.7 Å². The number of anilines is 1. The number of carboxylic acids is 1. The minimum Gasteiger partial charge on any atom is -0.481 e. The Morgan fingerprint density at radius 1 is 1.10 bits per heavy atom. The molecule has 1 aromatic heterocycles. The smallest absolute Gasteiger partial charge is 0.304 e. The standard InChI is InChI=1S/C31H33Cl2N3O5S/c1-31(17-28(37)38)16-26(22-5-3-6-24(33)15-22)29(21-10-12-23(32)13-11-21)36(30(31)39)27(20-8-9-20)19-35(42(2,40)41)25-7-4-14-34-18-25/h3-7,10-15,18,20,26-27,29H,8-9,16-17,19H2,1-2H3,(H,37,38)/t26?,27-,29?,31-/m1/s1. The molecule has 1 aliphatic heterocycles. The Bertz CT molecular complexity index is 1570. The number of aliphatic carboxylic acids is 1. The van der Waals surface area contributed by atoms with Crippen molar-refractivity contribution in [2.24, 2.45) is 11.3 Å². The minimum absolute atomic E-state index is 0.0104. The number of carboxylic acid groups (broad SMARTS) is 1. The summed E-state index contributed by atoms with van der Waals surface area (Å²) >= 11 is 12.7. The Labute approximate surface area is 256 Å². The van der Waals surface area contributed by atoms with Crippen LogP contribution in [0.2, 0.25) is 10.0 Å². The molecule has 11 heteroatoms. The summed E-state index contributed by atoms with van der Waals surface area (Å²) in [7, 11) is -3.76. The lowest BCUT2D eigenvalue weighted by Crippen LogP contribution is -2.59. The highest BCUT2D eigenvalue weighted by atomic mass is 35.5. The monoisotopic (exact) mass is 629 g/mol. The Kier molecular flexibility index (Phi) is 8.56. The summed E-state index contributed by atoms with van der Waals surface area (Å²) in [5.74, 6) is -1.66. The van der Waals surface area contributed by atoms with Crippen molar-refractivity contribution in [2.75, 3.05) is 17.1 Å². The highest BCUT2D eigenvalue weighted by molar-refractivity contribution is 7.92. The maximum absolute atomic E-state index is 14.6. The van der Waals surface area contributed by atoms with Crippen LogP contribution in [-0.2, 0) is 19.6 Å². The van der Waals surface area contributed by atoms with E-state index < -0.39 is 33.5 Å². The lowest BCUT2D eigenvalue weighted by Gasteiger charge is -2.52. The van der Waals surface area contributed by atoms with E-state index >= 15 is 0 Å². The normalized spacial score (nSPS) is 23.4. The first-order valence-electron chi connectivity index (χ1n) is 13.8. The number of sulfonamides is 1.